The van der Waals surface area contributed by atoms with E-state index >= 15 is 0 Å². The molecule has 166 valence electrons. The minimum absolute atomic E-state index is 0.115. The summed E-state index contributed by atoms with van der Waals surface area (Å²) in [6, 6.07) is 19.0. The number of benzene rings is 3. The van der Waals surface area contributed by atoms with Gasteiger partial charge in [0.05, 0.1) is 23.2 Å². The molecule has 0 radical (unpaired) electrons. The highest BCUT2D eigenvalue weighted by Crippen LogP contribution is 2.35. The maximum Gasteiger partial charge on any atom is 0.229 e. The van der Waals surface area contributed by atoms with E-state index < -0.39 is 9.84 Å². The van der Waals surface area contributed by atoms with Crippen LogP contribution in [0.4, 0.5) is 11.5 Å². The van der Waals surface area contributed by atoms with E-state index in [9.17, 15) is 8.42 Å². The largest absolute Gasteiger partial charge is 0.495 e. The van der Waals surface area contributed by atoms with Crippen molar-refractivity contribution in [1.29, 1.82) is 0 Å². The predicted molar refractivity (Wildman–Crippen MR) is 126 cm³/mol. The van der Waals surface area contributed by atoms with Gasteiger partial charge in [0.1, 0.15) is 11.6 Å². The normalized spacial score (nSPS) is 11.7. The Morgan fingerprint density at radius 1 is 1.03 bits per heavy atom. The zero-order valence-corrected chi connectivity index (χ0v) is 19.2. The molecule has 0 spiro atoms. The van der Waals surface area contributed by atoms with E-state index in [4.69, 9.17) is 16.3 Å². The minimum Gasteiger partial charge on any atom is -0.495 e. The van der Waals surface area contributed by atoms with E-state index in [0.29, 0.717) is 27.8 Å². The maximum atomic E-state index is 13.3. The Kier molecular flexibility index (Phi) is 5.15. The van der Waals surface area contributed by atoms with Crippen LogP contribution in [-0.2, 0) is 9.84 Å². The summed E-state index contributed by atoms with van der Waals surface area (Å²) in [4.78, 5) is 4.75. The molecule has 0 saturated heterocycles. The van der Waals surface area contributed by atoms with Crippen LogP contribution in [0, 0.1) is 6.92 Å². The molecule has 5 aromatic rings. The standard InChI is InChI=1S/C23H18ClN5O3S/c1-14-12-18(20(32-2)13-17(14)24)25-21-16-10-6-7-11-19(16)29-22(26-21)23(27-28-29)33(30,31)15-8-4-3-5-9-15/h3-13H,1-2H3,(H,25,26). The van der Waals surface area contributed by atoms with Gasteiger partial charge in [0.25, 0.3) is 0 Å². The first-order valence-electron chi connectivity index (χ1n) is 9.95. The minimum atomic E-state index is -3.93. The number of methoxy groups -OCH3 is 1. The van der Waals surface area contributed by atoms with Gasteiger partial charge in [-0.3, -0.25) is 0 Å². The molecule has 0 atom stereocenters. The summed E-state index contributed by atoms with van der Waals surface area (Å²) in [5, 5.41) is 12.5. The number of anilines is 2. The second kappa shape index (κ2) is 8.02. The lowest BCUT2D eigenvalue weighted by molar-refractivity contribution is 0.416. The average molecular weight is 480 g/mol. The first-order chi connectivity index (χ1) is 15.9. The number of rotatable bonds is 5. The molecule has 0 aliphatic heterocycles. The Morgan fingerprint density at radius 2 is 1.76 bits per heavy atom. The molecule has 1 N–H and O–H groups in total. The molecule has 0 aliphatic rings. The number of hydrogen-bond donors (Lipinski definition) is 1. The van der Waals surface area contributed by atoms with Crippen LogP contribution in [0.15, 0.2) is 76.7 Å². The third kappa shape index (κ3) is 3.55. The molecule has 5 rings (SSSR count). The summed E-state index contributed by atoms with van der Waals surface area (Å²) in [5.74, 6) is 0.963. The first kappa shape index (κ1) is 21.2. The number of hydrogen-bond acceptors (Lipinski definition) is 7. The van der Waals surface area contributed by atoms with Crippen molar-refractivity contribution in [2.75, 3.05) is 12.4 Å². The molecular formula is C23H18ClN5O3S. The highest BCUT2D eigenvalue weighted by Gasteiger charge is 2.27. The highest BCUT2D eigenvalue weighted by molar-refractivity contribution is 7.91. The van der Waals surface area contributed by atoms with Crippen molar-refractivity contribution in [2.24, 2.45) is 0 Å². The third-order valence-corrected chi connectivity index (χ3v) is 7.34. The van der Waals surface area contributed by atoms with E-state index in [1.165, 1.54) is 16.6 Å². The lowest BCUT2D eigenvalue weighted by Crippen LogP contribution is -2.06. The Balaban J connectivity index is 1.75. The lowest BCUT2D eigenvalue weighted by atomic mass is 10.2. The number of nitrogens with one attached hydrogen (secondary N) is 1. The summed E-state index contributed by atoms with van der Waals surface area (Å²) in [5.41, 5.74) is 2.26. The molecule has 0 unspecified atom stereocenters. The van der Waals surface area contributed by atoms with Crippen LogP contribution in [0.1, 0.15) is 5.56 Å². The van der Waals surface area contributed by atoms with Crippen LogP contribution in [0.25, 0.3) is 16.6 Å². The molecule has 0 amide bonds. The van der Waals surface area contributed by atoms with Gasteiger partial charge in [-0.2, -0.15) is 4.52 Å². The maximum absolute atomic E-state index is 13.3. The predicted octanol–water partition coefficient (Wildman–Crippen LogP) is 4.82. The molecule has 0 saturated carbocycles. The van der Waals surface area contributed by atoms with Gasteiger partial charge in [0, 0.05) is 16.5 Å². The monoisotopic (exact) mass is 479 g/mol. The number of halogens is 1. The van der Waals surface area contributed by atoms with Crippen LogP contribution in [0.2, 0.25) is 5.02 Å². The van der Waals surface area contributed by atoms with Crippen LogP contribution in [0.3, 0.4) is 0 Å². The molecule has 2 heterocycles. The second-order valence-corrected chi connectivity index (χ2v) is 9.62. The number of fused-ring (bicyclic) bond motifs is 3. The summed E-state index contributed by atoms with van der Waals surface area (Å²) in [7, 11) is -2.38. The zero-order chi connectivity index (χ0) is 23.2. The van der Waals surface area contributed by atoms with E-state index in [-0.39, 0.29) is 15.6 Å². The molecule has 33 heavy (non-hydrogen) atoms. The van der Waals surface area contributed by atoms with Crippen molar-refractivity contribution in [2.45, 2.75) is 16.8 Å². The van der Waals surface area contributed by atoms with Crippen molar-refractivity contribution in [3.05, 3.63) is 77.3 Å². The molecule has 0 bridgehead atoms. The van der Waals surface area contributed by atoms with Crippen LogP contribution >= 0.6 is 11.6 Å². The SMILES string of the molecule is COc1cc(Cl)c(C)cc1Nc1nc2c(S(=O)(=O)c3ccccc3)nnn2c2ccccc12. The van der Waals surface area contributed by atoms with Gasteiger partial charge in [-0.25, -0.2) is 13.4 Å². The first-order valence-corrected chi connectivity index (χ1v) is 11.8. The molecule has 0 aliphatic carbocycles. The Labute approximate surface area is 194 Å². The van der Waals surface area contributed by atoms with E-state index in [0.717, 1.165) is 10.9 Å². The van der Waals surface area contributed by atoms with Gasteiger partial charge in [0.2, 0.25) is 14.9 Å². The highest BCUT2D eigenvalue weighted by atomic mass is 35.5. The molecule has 3 aromatic carbocycles. The van der Waals surface area contributed by atoms with Crippen molar-refractivity contribution in [3.8, 4) is 5.75 Å². The fraction of sp³-hybridized carbons (Fsp3) is 0.0870. The van der Waals surface area contributed by atoms with E-state index in [1.807, 2.05) is 37.3 Å². The topological polar surface area (TPSA) is 98.5 Å². The van der Waals surface area contributed by atoms with Gasteiger partial charge < -0.3 is 10.1 Å². The Hall–Kier alpha value is -3.69. The Bertz CT molecular complexity index is 1620. The zero-order valence-electron chi connectivity index (χ0n) is 17.7. The molecule has 0 fully saturated rings. The number of sulfone groups is 1. The van der Waals surface area contributed by atoms with Crippen LogP contribution in [-0.4, -0.2) is 35.3 Å². The second-order valence-electron chi connectivity index (χ2n) is 7.35. The lowest BCUT2D eigenvalue weighted by Gasteiger charge is -2.14. The van der Waals surface area contributed by atoms with Gasteiger partial charge in [0.15, 0.2) is 5.65 Å². The van der Waals surface area contributed by atoms with Crippen LogP contribution < -0.4 is 10.1 Å². The van der Waals surface area contributed by atoms with Crippen molar-refractivity contribution >= 4 is 49.5 Å². The number of aromatic nitrogens is 4. The van der Waals surface area contributed by atoms with Crippen molar-refractivity contribution < 1.29 is 13.2 Å². The Morgan fingerprint density at radius 3 is 2.52 bits per heavy atom. The van der Waals surface area contributed by atoms with Gasteiger partial charge >= 0.3 is 0 Å². The fourth-order valence-electron chi connectivity index (χ4n) is 3.58. The molecule has 8 nitrogen and oxygen atoms in total. The third-order valence-electron chi connectivity index (χ3n) is 5.26. The smallest absolute Gasteiger partial charge is 0.229 e. The van der Waals surface area contributed by atoms with Crippen molar-refractivity contribution in [1.82, 2.24) is 19.8 Å². The summed E-state index contributed by atoms with van der Waals surface area (Å²) < 4.78 is 33.5. The average Bonchev–Trinajstić information content (AvgIpc) is 3.27. The van der Waals surface area contributed by atoms with E-state index in [2.05, 4.69) is 20.6 Å². The number of aryl methyl sites for hydroxylation is 1. The van der Waals surface area contributed by atoms with Gasteiger partial charge in [-0.05, 0) is 42.8 Å². The molecule has 10 heteroatoms. The van der Waals surface area contributed by atoms with Gasteiger partial charge in [-0.15, -0.1) is 5.10 Å². The number of nitrogens with zero attached hydrogens (tertiary/aromatic N) is 4. The van der Waals surface area contributed by atoms with Gasteiger partial charge in [-0.1, -0.05) is 47.1 Å². The van der Waals surface area contributed by atoms with E-state index in [1.54, 1.807) is 31.4 Å². The quantitative estimate of drug-likeness (QED) is 0.385. The summed E-state index contributed by atoms with van der Waals surface area (Å²) in [6.45, 7) is 1.88. The van der Waals surface area contributed by atoms with Crippen molar-refractivity contribution in [3.63, 3.8) is 0 Å². The number of para-hydroxylation sites is 1. The fourth-order valence-corrected chi connectivity index (χ4v) is 4.99. The van der Waals surface area contributed by atoms with Crippen LogP contribution in [0.5, 0.6) is 5.75 Å². The summed E-state index contributed by atoms with van der Waals surface area (Å²) >= 11 is 6.25. The molecule has 2 aromatic heterocycles. The molecular weight excluding hydrogens is 462 g/mol. The number of ether oxygens (including phenoxy) is 1. The summed E-state index contributed by atoms with van der Waals surface area (Å²) in [6.07, 6.45) is 0.